The van der Waals surface area contributed by atoms with Crippen molar-refractivity contribution in [3.63, 3.8) is 0 Å². The summed E-state index contributed by atoms with van der Waals surface area (Å²) in [5.41, 5.74) is 2.80. The molecule has 0 aromatic heterocycles. The zero-order valence-electron chi connectivity index (χ0n) is 12.8. The SMILES string of the molecule is Cc1cccc(CN2CC(C(C)C)NCCC2C)c1. The van der Waals surface area contributed by atoms with Gasteiger partial charge in [0.25, 0.3) is 0 Å². The van der Waals surface area contributed by atoms with Gasteiger partial charge >= 0.3 is 0 Å². The first kappa shape index (κ1) is 14.5. The van der Waals surface area contributed by atoms with Crippen molar-refractivity contribution in [3.8, 4) is 0 Å². The molecule has 1 aromatic carbocycles. The van der Waals surface area contributed by atoms with Crippen molar-refractivity contribution in [2.75, 3.05) is 13.1 Å². The van der Waals surface area contributed by atoms with Crippen LogP contribution < -0.4 is 5.32 Å². The highest BCUT2D eigenvalue weighted by atomic mass is 15.2. The fraction of sp³-hybridized carbons (Fsp3) is 0.647. The molecule has 1 N–H and O–H groups in total. The van der Waals surface area contributed by atoms with Crippen LogP contribution >= 0.6 is 0 Å². The molecule has 2 rings (SSSR count). The average Bonchev–Trinajstić information content (AvgIpc) is 2.52. The Kier molecular flexibility index (Phi) is 5.00. The normalized spacial score (nSPS) is 25.5. The second-order valence-corrected chi connectivity index (χ2v) is 6.36. The van der Waals surface area contributed by atoms with Crippen LogP contribution in [0.5, 0.6) is 0 Å². The van der Waals surface area contributed by atoms with Gasteiger partial charge < -0.3 is 5.32 Å². The van der Waals surface area contributed by atoms with Crippen LogP contribution in [0.1, 0.15) is 38.3 Å². The Hall–Kier alpha value is -0.860. The molecule has 0 radical (unpaired) electrons. The quantitative estimate of drug-likeness (QED) is 0.898. The minimum absolute atomic E-state index is 0.620. The van der Waals surface area contributed by atoms with Gasteiger partial charge in [0.05, 0.1) is 0 Å². The fourth-order valence-corrected chi connectivity index (χ4v) is 2.87. The van der Waals surface area contributed by atoms with Crippen LogP contribution in [0.25, 0.3) is 0 Å². The number of hydrogen-bond acceptors (Lipinski definition) is 2. The van der Waals surface area contributed by atoms with Gasteiger partial charge in [0, 0.05) is 25.2 Å². The van der Waals surface area contributed by atoms with Crippen molar-refractivity contribution in [3.05, 3.63) is 35.4 Å². The highest BCUT2D eigenvalue weighted by Gasteiger charge is 2.24. The van der Waals surface area contributed by atoms with E-state index in [1.165, 1.54) is 17.5 Å². The van der Waals surface area contributed by atoms with E-state index in [9.17, 15) is 0 Å². The van der Waals surface area contributed by atoms with Crippen LogP contribution in [-0.4, -0.2) is 30.1 Å². The Bertz CT molecular complexity index is 400. The van der Waals surface area contributed by atoms with Gasteiger partial charge in [0.1, 0.15) is 0 Å². The summed E-state index contributed by atoms with van der Waals surface area (Å²) in [5, 5.41) is 3.70. The van der Waals surface area contributed by atoms with Crippen LogP contribution in [0.15, 0.2) is 24.3 Å². The van der Waals surface area contributed by atoms with E-state index in [0.717, 1.165) is 19.6 Å². The Morgan fingerprint density at radius 2 is 2.16 bits per heavy atom. The molecular formula is C17H28N2. The highest BCUT2D eigenvalue weighted by molar-refractivity contribution is 5.22. The molecule has 2 nitrogen and oxygen atoms in total. The van der Waals surface area contributed by atoms with Crippen molar-refractivity contribution in [1.82, 2.24) is 10.2 Å². The Labute approximate surface area is 118 Å². The Morgan fingerprint density at radius 3 is 2.84 bits per heavy atom. The molecule has 2 unspecified atom stereocenters. The van der Waals surface area contributed by atoms with Crippen LogP contribution in [-0.2, 0) is 6.54 Å². The number of nitrogens with one attached hydrogen (secondary N) is 1. The molecule has 0 bridgehead atoms. The van der Waals surface area contributed by atoms with Gasteiger partial charge in [-0.3, -0.25) is 4.90 Å². The molecule has 1 saturated heterocycles. The molecule has 0 amide bonds. The summed E-state index contributed by atoms with van der Waals surface area (Å²) in [5.74, 6) is 0.699. The first-order chi connectivity index (χ1) is 9.06. The summed E-state index contributed by atoms with van der Waals surface area (Å²) in [6.45, 7) is 12.6. The molecule has 2 atom stereocenters. The summed E-state index contributed by atoms with van der Waals surface area (Å²) in [4.78, 5) is 2.64. The molecule has 0 aliphatic carbocycles. The van der Waals surface area contributed by atoms with Gasteiger partial charge in [-0.15, -0.1) is 0 Å². The highest BCUT2D eigenvalue weighted by Crippen LogP contribution is 2.17. The predicted octanol–water partition coefficient (Wildman–Crippen LogP) is 3.20. The minimum atomic E-state index is 0.620. The molecule has 1 aliphatic rings. The van der Waals surface area contributed by atoms with Gasteiger partial charge in [0.2, 0.25) is 0 Å². The second-order valence-electron chi connectivity index (χ2n) is 6.36. The van der Waals surface area contributed by atoms with E-state index in [4.69, 9.17) is 0 Å². The number of hydrogen-bond donors (Lipinski definition) is 1. The van der Waals surface area contributed by atoms with E-state index in [0.29, 0.717) is 18.0 Å². The van der Waals surface area contributed by atoms with Gasteiger partial charge in [-0.1, -0.05) is 43.7 Å². The summed E-state index contributed by atoms with van der Waals surface area (Å²) in [6, 6.07) is 10.2. The first-order valence-corrected chi connectivity index (χ1v) is 7.59. The predicted molar refractivity (Wildman–Crippen MR) is 82.3 cm³/mol. The fourth-order valence-electron chi connectivity index (χ4n) is 2.87. The lowest BCUT2D eigenvalue weighted by Gasteiger charge is -2.30. The van der Waals surface area contributed by atoms with Crippen molar-refractivity contribution in [2.45, 2.75) is 52.7 Å². The third-order valence-corrected chi connectivity index (χ3v) is 4.30. The van der Waals surface area contributed by atoms with E-state index < -0.39 is 0 Å². The Morgan fingerprint density at radius 1 is 1.37 bits per heavy atom. The summed E-state index contributed by atoms with van der Waals surface area (Å²) >= 11 is 0. The number of benzene rings is 1. The molecule has 1 fully saturated rings. The van der Waals surface area contributed by atoms with Gasteiger partial charge in [-0.05, 0) is 38.3 Å². The third kappa shape index (κ3) is 4.05. The molecular weight excluding hydrogens is 232 g/mol. The summed E-state index contributed by atoms with van der Waals surface area (Å²) in [7, 11) is 0. The van der Waals surface area contributed by atoms with E-state index in [2.05, 4.69) is 62.2 Å². The maximum absolute atomic E-state index is 3.70. The zero-order chi connectivity index (χ0) is 13.8. The number of aryl methyl sites for hydroxylation is 1. The van der Waals surface area contributed by atoms with Gasteiger partial charge in [-0.2, -0.15) is 0 Å². The van der Waals surface area contributed by atoms with Crippen LogP contribution in [0.2, 0.25) is 0 Å². The van der Waals surface area contributed by atoms with Crippen LogP contribution in [0.4, 0.5) is 0 Å². The molecule has 1 heterocycles. The third-order valence-electron chi connectivity index (χ3n) is 4.30. The molecule has 0 saturated carbocycles. The lowest BCUT2D eigenvalue weighted by atomic mass is 10.0. The number of nitrogens with zero attached hydrogens (tertiary/aromatic N) is 1. The zero-order valence-corrected chi connectivity index (χ0v) is 12.8. The Balaban J connectivity index is 2.07. The summed E-state index contributed by atoms with van der Waals surface area (Å²) in [6.07, 6.45) is 1.25. The lowest BCUT2D eigenvalue weighted by molar-refractivity contribution is 0.184. The van der Waals surface area contributed by atoms with Crippen molar-refractivity contribution < 1.29 is 0 Å². The molecule has 0 spiro atoms. The van der Waals surface area contributed by atoms with E-state index in [-0.39, 0.29) is 0 Å². The average molecular weight is 260 g/mol. The van der Waals surface area contributed by atoms with Crippen molar-refractivity contribution >= 4 is 0 Å². The minimum Gasteiger partial charge on any atom is -0.312 e. The molecule has 1 aliphatic heterocycles. The largest absolute Gasteiger partial charge is 0.312 e. The van der Waals surface area contributed by atoms with E-state index in [1.807, 2.05) is 0 Å². The second kappa shape index (κ2) is 6.53. The maximum atomic E-state index is 3.70. The van der Waals surface area contributed by atoms with Crippen LogP contribution in [0, 0.1) is 12.8 Å². The molecule has 106 valence electrons. The standard InChI is InChI=1S/C17H28N2/c1-13(2)17-12-19(15(4)8-9-18-17)11-16-7-5-6-14(3)10-16/h5-7,10,13,15,17-18H,8-9,11-12H2,1-4H3. The topological polar surface area (TPSA) is 15.3 Å². The maximum Gasteiger partial charge on any atom is 0.0237 e. The van der Waals surface area contributed by atoms with Crippen LogP contribution in [0.3, 0.4) is 0 Å². The first-order valence-electron chi connectivity index (χ1n) is 7.59. The smallest absolute Gasteiger partial charge is 0.0237 e. The summed E-state index contributed by atoms with van der Waals surface area (Å²) < 4.78 is 0. The van der Waals surface area contributed by atoms with Gasteiger partial charge in [0.15, 0.2) is 0 Å². The monoisotopic (exact) mass is 260 g/mol. The van der Waals surface area contributed by atoms with E-state index in [1.54, 1.807) is 0 Å². The lowest BCUT2D eigenvalue weighted by Crippen LogP contribution is -2.42. The van der Waals surface area contributed by atoms with Gasteiger partial charge in [-0.25, -0.2) is 0 Å². The number of rotatable bonds is 3. The molecule has 2 heteroatoms. The molecule has 19 heavy (non-hydrogen) atoms. The van der Waals surface area contributed by atoms with Crippen molar-refractivity contribution in [2.24, 2.45) is 5.92 Å². The van der Waals surface area contributed by atoms with E-state index >= 15 is 0 Å². The molecule has 1 aromatic rings. The van der Waals surface area contributed by atoms with Crippen molar-refractivity contribution in [1.29, 1.82) is 0 Å².